The number of likely N-dealkylation sites (N-methyl/N-ethyl adjacent to an activating group) is 1. The molecule has 0 radical (unpaired) electrons. The van der Waals surface area contributed by atoms with Crippen molar-refractivity contribution in [2.75, 3.05) is 13.6 Å². The summed E-state index contributed by atoms with van der Waals surface area (Å²) < 4.78 is 41.1. The summed E-state index contributed by atoms with van der Waals surface area (Å²) in [6.45, 7) is 0.729. The lowest BCUT2D eigenvalue weighted by Crippen LogP contribution is -2.42. The van der Waals surface area contributed by atoms with Crippen LogP contribution in [-0.4, -0.2) is 29.4 Å². The number of amides is 1. The van der Waals surface area contributed by atoms with Crippen molar-refractivity contribution in [3.8, 4) is 0 Å². The van der Waals surface area contributed by atoms with Crippen molar-refractivity contribution >= 4 is 32.6 Å². The van der Waals surface area contributed by atoms with Gasteiger partial charge >= 0.3 is 0 Å². The average molecular weight is 466 g/mol. The minimum Gasteiger partial charge on any atom is -0.333 e. The van der Waals surface area contributed by atoms with Crippen LogP contribution in [0.25, 0.3) is 10.8 Å². The van der Waals surface area contributed by atoms with Gasteiger partial charge in [0.1, 0.15) is 17.5 Å². The first kappa shape index (κ1) is 19.7. The zero-order chi connectivity index (χ0) is 20.9. The van der Waals surface area contributed by atoms with Crippen LogP contribution >= 0.6 is 15.9 Å². The third kappa shape index (κ3) is 3.34. The second kappa shape index (κ2) is 7.31. The van der Waals surface area contributed by atoms with Gasteiger partial charge in [-0.3, -0.25) is 9.59 Å². The summed E-state index contributed by atoms with van der Waals surface area (Å²) >= 11 is 2.79. The monoisotopic (exact) mass is 465 g/mol. The number of H-pyrrole nitrogens is 1. The molecule has 5 nitrogen and oxygen atoms in total. The molecule has 1 aromatic heterocycles. The van der Waals surface area contributed by atoms with Gasteiger partial charge < -0.3 is 15.2 Å². The molecule has 9 heteroatoms. The van der Waals surface area contributed by atoms with Gasteiger partial charge in [-0.25, -0.2) is 13.2 Å². The molecule has 1 aliphatic rings. The molecule has 150 valence electrons. The zero-order valence-corrected chi connectivity index (χ0v) is 16.7. The molecular weight excluding hydrogens is 451 g/mol. The van der Waals surface area contributed by atoms with Crippen LogP contribution in [0.2, 0.25) is 0 Å². The third-order valence-corrected chi connectivity index (χ3v) is 5.85. The van der Waals surface area contributed by atoms with E-state index in [0.29, 0.717) is 29.7 Å². The Labute approximate surface area is 171 Å². The van der Waals surface area contributed by atoms with Gasteiger partial charge in [0.25, 0.3) is 11.5 Å². The largest absolute Gasteiger partial charge is 0.333 e. The molecule has 0 unspecified atom stereocenters. The summed E-state index contributed by atoms with van der Waals surface area (Å²) in [6.07, 6.45) is 0. The predicted octanol–water partition coefficient (Wildman–Crippen LogP) is 3.62. The van der Waals surface area contributed by atoms with Gasteiger partial charge in [0.2, 0.25) is 0 Å². The molecule has 3 aromatic rings. The van der Waals surface area contributed by atoms with Crippen molar-refractivity contribution in [1.82, 2.24) is 15.2 Å². The number of carbonyl (C=O) groups excluding carboxylic acids is 1. The van der Waals surface area contributed by atoms with Crippen LogP contribution < -0.4 is 10.9 Å². The van der Waals surface area contributed by atoms with E-state index in [2.05, 4.69) is 26.2 Å². The predicted molar refractivity (Wildman–Crippen MR) is 105 cm³/mol. The molecule has 0 spiro atoms. The fraction of sp³-hybridized carbons (Fsp3) is 0.200. The Morgan fingerprint density at radius 3 is 2.52 bits per heavy atom. The molecule has 2 heterocycles. The summed E-state index contributed by atoms with van der Waals surface area (Å²) in [5.41, 5.74) is 0.690. The summed E-state index contributed by atoms with van der Waals surface area (Å²) in [7, 11) is 1.52. The summed E-state index contributed by atoms with van der Waals surface area (Å²) in [6, 6.07) is 5.30. The van der Waals surface area contributed by atoms with Crippen molar-refractivity contribution in [2.24, 2.45) is 0 Å². The minimum atomic E-state index is -0.880. The van der Waals surface area contributed by atoms with Gasteiger partial charge in [0, 0.05) is 37.0 Å². The number of nitrogens with one attached hydrogen (secondary N) is 2. The maximum absolute atomic E-state index is 13.9. The van der Waals surface area contributed by atoms with Crippen molar-refractivity contribution in [3.63, 3.8) is 0 Å². The highest BCUT2D eigenvalue weighted by molar-refractivity contribution is 9.10. The highest BCUT2D eigenvalue weighted by atomic mass is 79.9. The maximum Gasteiger partial charge on any atom is 0.256 e. The average Bonchev–Trinajstić information content (AvgIpc) is 2.70. The van der Waals surface area contributed by atoms with E-state index in [4.69, 9.17) is 0 Å². The van der Waals surface area contributed by atoms with Gasteiger partial charge in [-0.2, -0.15) is 0 Å². The van der Waals surface area contributed by atoms with Gasteiger partial charge in [-0.15, -0.1) is 0 Å². The van der Waals surface area contributed by atoms with E-state index in [9.17, 15) is 22.8 Å². The summed E-state index contributed by atoms with van der Waals surface area (Å²) in [5.74, 6) is -2.89. The number of hydrogen-bond donors (Lipinski definition) is 2. The Bertz CT molecular complexity index is 1190. The molecule has 1 atom stereocenters. The second-order valence-electron chi connectivity index (χ2n) is 6.85. The van der Waals surface area contributed by atoms with Crippen molar-refractivity contribution in [1.29, 1.82) is 0 Å². The van der Waals surface area contributed by atoms with E-state index in [1.165, 1.54) is 24.1 Å². The van der Waals surface area contributed by atoms with Crippen LogP contribution in [0.1, 0.15) is 27.7 Å². The number of halogens is 4. The number of pyridine rings is 1. The van der Waals surface area contributed by atoms with Crippen LogP contribution in [-0.2, 0) is 6.54 Å². The Kier molecular flexibility index (Phi) is 4.95. The van der Waals surface area contributed by atoms with Crippen molar-refractivity contribution in [3.05, 3.63) is 79.4 Å². The van der Waals surface area contributed by atoms with Gasteiger partial charge in [0.05, 0.1) is 15.9 Å². The third-order valence-electron chi connectivity index (χ3n) is 5.10. The van der Waals surface area contributed by atoms with Gasteiger partial charge in [-0.1, -0.05) is 6.07 Å². The SMILES string of the molecule is CN(C(=O)c1cc(F)c(Br)c(F)c1)[C@@H]1CNCc2[nH]c(=O)c3cc(F)ccc3c21. The smallest absolute Gasteiger partial charge is 0.256 e. The molecule has 0 saturated heterocycles. The van der Waals surface area contributed by atoms with Crippen LogP contribution in [0, 0.1) is 17.5 Å². The molecule has 0 aliphatic carbocycles. The Morgan fingerprint density at radius 1 is 1.14 bits per heavy atom. The van der Waals surface area contributed by atoms with Crippen LogP contribution in [0.4, 0.5) is 13.2 Å². The van der Waals surface area contributed by atoms with E-state index in [1.807, 2.05) is 0 Å². The van der Waals surface area contributed by atoms with Crippen molar-refractivity contribution in [2.45, 2.75) is 12.6 Å². The number of aromatic nitrogens is 1. The lowest BCUT2D eigenvalue weighted by Gasteiger charge is -2.34. The van der Waals surface area contributed by atoms with E-state index >= 15 is 0 Å². The molecule has 0 saturated carbocycles. The molecule has 2 N–H and O–H groups in total. The van der Waals surface area contributed by atoms with Gasteiger partial charge in [-0.05, 0) is 45.6 Å². The molecule has 4 rings (SSSR count). The zero-order valence-electron chi connectivity index (χ0n) is 15.2. The van der Waals surface area contributed by atoms with E-state index in [-0.39, 0.29) is 15.4 Å². The first-order valence-electron chi connectivity index (χ1n) is 8.74. The molecular formula is C20H15BrF3N3O2. The fourth-order valence-corrected chi connectivity index (χ4v) is 3.91. The first-order chi connectivity index (χ1) is 13.8. The van der Waals surface area contributed by atoms with Gasteiger partial charge in [0.15, 0.2) is 0 Å². The molecule has 0 fully saturated rings. The number of benzene rings is 2. The highest BCUT2D eigenvalue weighted by Gasteiger charge is 2.30. The molecule has 1 amide bonds. The topological polar surface area (TPSA) is 65.2 Å². The highest BCUT2D eigenvalue weighted by Crippen LogP contribution is 2.32. The standard InChI is InChI=1S/C20H15BrF3N3O2/c1-27(20(29)9-4-13(23)18(21)14(24)5-9)16-8-25-7-15-17(16)11-3-2-10(22)6-12(11)19(28)26-15/h2-6,16,25H,7-8H2,1H3,(H,26,28)/t16-/m1/s1. The summed E-state index contributed by atoms with van der Waals surface area (Å²) in [4.78, 5) is 29.4. The van der Waals surface area contributed by atoms with E-state index < -0.39 is 35.0 Å². The Morgan fingerprint density at radius 2 is 1.83 bits per heavy atom. The molecule has 2 aromatic carbocycles. The second-order valence-corrected chi connectivity index (χ2v) is 7.65. The Balaban J connectivity index is 1.82. The van der Waals surface area contributed by atoms with E-state index in [0.717, 1.165) is 18.2 Å². The maximum atomic E-state index is 13.9. The lowest BCUT2D eigenvalue weighted by atomic mass is 9.93. The van der Waals surface area contributed by atoms with E-state index in [1.54, 1.807) is 0 Å². The normalized spacial score (nSPS) is 16.0. The quantitative estimate of drug-likeness (QED) is 0.568. The molecule has 0 bridgehead atoms. The molecule has 1 aliphatic heterocycles. The Hall–Kier alpha value is -2.65. The van der Waals surface area contributed by atoms with Crippen LogP contribution in [0.3, 0.4) is 0 Å². The number of carbonyl (C=O) groups is 1. The molecule has 29 heavy (non-hydrogen) atoms. The fourth-order valence-electron chi connectivity index (χ4n) is 3.68. The first-order valence-corrected chi connectivity index (χ1v) is 9.54. The number of aromatic amines is 1. The lowest BCUT2D eigenvalue weighted by molar-refractivity contribution is 0.0722. The number of rotatable bonds is 2. The van der Waals surface area contributed by atoms with Crippen LogP contribution in [0.15, 0.2) is 39.6 Å². The number of nitrogens with zero attached hydrogens (tertiary/aromatic N) is 1. The summed E-state index contributed by atoms with van der Waals surface area (Å²) in [5, 5.41) is 3.83. The number of hydrogen-bond acceptors (Lipinski definition) is 3. The van der Waals surface area contributed by atoms with Crippen molar-refractivity contribution < 1.29 is 18.0 Å². The number of fused-ring (bicyclic) bond motifs is 3. The minimum absolute atomic E-state index is 0.141. The van der Waals surface area contributed by atoms with Crippen LogP contribution in [0.5, 0.6) is 0 Å².